The Morgan fingerprint density at radius 3 is 2.39 bits per heavy atom. The molecule has 0 unspecified atom stereocenters. The molecule has 0 atom stereocenters. The zero-order chi connectivity index (χ0) is 12.8. The highest BCUT2D eigenvalue weighted by atomic mass is 16.2. The van der Waals surface area contributed by atoms with Crippen LogP contribution in [0.1, 0.15) is 55.4 Å². The fourth-order valence-corrected chi connectivity index (χ4v) is 2.45. The van der Waals surface area contributed by atoms with Crippen LogP contribution in [-0.4, -0.2) is 22.7 Å². The van der Waals surface area contributed by atoms with Gasteiger partial charge in [0, 0.05) is 12.2 Å². The van der Waals surface area contributed by atoms with Crippen molar-refractivity contribution >= 4 is 11.7 Å². The van der Waals surface area contributed by atoms with E-state index in [1.165, 1.54) is 19.3 Å². The van der Waals surface area contributed by atoms with Crippen molar-refractivity contribution in [1.82, 2.24) is 10.3 Å². The fraction of sp³-hybridized carbons (Fsp3) is 0.571. The lowest BCUT2D eigenvalue weighted by atomic mass is 9.96. The smallest absolute Gasteiger partial charge is 0.294 e. The zero-order valence-corrected chi connectivity index (χ0v) is 10.6. The summed E-state index contributed by atoms with van der Waals surface area (Å²) in [6.07, 6.45) is 9.67. The Morgan fingerprint density at radius 2 is 1.78 bits per heavy atom. The molecule has 1 aliphatic rings. The van der Waals surface area contributed by atoms with Gasteiger partial charge in [-0.05, 0) is 25.0 Å². The lowest BCUT2D eigenvalue weighted by Crippen LogP contribution is -2.39. The largest absolute Gasteiger partial charge is 0.358 e. The Labute approximate surface area is 107 Å². The van der Waals surface area contributed by atoms with Crippen LogP contribution in [0.15, 0.2) is 18.3 Å². The van der Waals surface area contributed by atoms with Gasteiger partial charge in [0.15, 0.2) is 0 Å². The molecule has 0 aliphatic heterocycles. The lowest BCUT2D eigenvalue weighted by molar-refractivity contribution is -0.117. The predicted octanol–water partition coefficient (Wildman–Crippen LogP) is 2.43. The van der Waals surface area contributed by atoms with Crippen LogP contribution in [0.5, 0.6) is 0 Å². The zero-order valence-electron chi connectivity index (χ0n) is 10.6. The summed E-state index contributed by atoms with van der Waals surface area (Å²) in [5.74, 6) is -0.954. The summed E-state index contributed by atoms with van der Waals surface area (Å²) in [5.41, 5.74) is 0.360. The maximum Gasteiger partial charge on any atom is 0.294 e. The van der Waals surface area contributed by atoms with Crippen molar-refractivity contribution in [3.63, 3.8) is 0 Å². The van der Waals surface area contributed by atoms with Gasteiger partial charge in [0.1, 0.15) is 0 Å². The molecule has 2 rings (SSSR count). The van der Waals surface area contributed by atoms with E-state index in [4.69, 9.17) is 0 Å². The number of rotatable bonds is 3. The van der Waals surface area contributed by atoms with E-state index in [-0.39, 0.29) is 6.04 Å². The van der Waals surface area contributed by atoms with Crippen molar-refractivity contribution in [1.29, 1.82) is 0 Å². The number of H-pyrrole nitrogens is 1. The summed E-state index contributed by atoms with van der Waals surface area (Å²) in [5, 5.41) is 2.87. The van der Waals surface area contributed by atoms with Gasteiger partial charge in [-0.1, -0.05) is 32.1 Å². The molecular formula is C14H20N2O2. The average Bonchev–Trinajstić information content (AvgIpc) is 2.85. The summed E-state index contributed by atoms with van der Waals surface area (Å²) in [6, 6.07) is 3.51. The topological polar surface area (TPSA) is 62.0 Å². The molecule has 0 saturated heterocycles. The third kappa shape index (κ3) is 3.45. The first-order valence-electron chi connectivity index (χ1n) is 6.76. The van der Waals surface area contributed by atoms with Gasteiger partial charge in [-0.15, -0.1) is 0 Å². The number of nitrogens with one attached hydrogen (secondary N) is 2. The molecule has 98 valence electrons. The van der Waals surface area contributed by atoms with Gasteiger partial charge >= 0.3 is 0 Å². The number of ketones is 1. The van der Waals surface area contributed by atoms with E-state index in [0.717, 1.165) is 25.7 Å². The maximum absolute atomic E-state index is 11.8. The summed E-state index contributed by atoms with van der Waals surface area (Å²) in [7, 11) is 0. The van der Waals surface area contributed by atoms with Crippen LogP contribution in [0.2, 0.25) is 0 Å². The van der Waals surface area contributed by atoms with Gasteiger partial charge in [-0.2, -0.15) is 0 Å². The van der Waals surface area contributed by atoms with E-state index in [0.29, 0.717) is 5.69 Å². The number of aromatic amines is 1. The monoisotopic (exact) mass is 248 g/mol. The predicted molar refractivity (Wildman–Crippen MR) is 69.4 cm³/mol. The summed E-state index contributed by atoms with van der Waals surface area (Å²) >= 11 is 0. The van der Waals surface area contributed by atoms with Crippen LogP contribution in [0.4, 0.5) is 0 Å². The van der Waals surface area contributed by atoms with Crippen LogP contribution in [0.25, 0.3) is 0 Å². The van der Waals surface area contributed by atoms with Crippen LogP contribution in [-0.2, 0) is 4.79 Å². The Hall–Kier alpha value is -1.58. The first kappa shape index (κ1) is 12.9. The first-order chi connectivity index (χ1) is 8.77. The van der Waals surface area contributed by atoms with Gasteiger partial charge in [-0.3, -0.25) is 9.59 Å². The van der Waals surface area contributed by atoms with Crippen molar-refractivity contribution in [2.24, 2.45) is 0 Å². The molecule has 1 aliphatic carbocycles. The number of carbonyl (C=O) groups excluding carboxylic acids is 2. The van der Waals surface area contributed by atoms with E-state index >= 15 is 0 Å². The molecule has 1 heterocycles. The molecule has 1 amide bonds. The summed E-state index contributed by atoms with van der Waals surface area (Å²) < 4.78 is 0. The fourth-order valence-electron chi connectivity index (χ4n) is 2.45. The van der Waals surface area contributed by atoms with Crippen molar-refractivity contribution < 1.29 is 9.59 Å². The average molecular weight is 248 g/mol. The number of carbonyl (C=O) groups is 2. The van der Waals surface area contributed by atoms with E-state index in [1.807, 2.05) is 0 Å². The Balaban J connectivity index is 1.87. The second-order valence-corrected chi connectivity index (χ2v) is 4.93. The van der Waals surface area contributed by atoms with Crippen LogP contribution in [0.3, 0.4) is 0 Å². The SMILES string of the molecule is O=C(NC1CCCCCCC1)C(=O)c1ccc[nH]1. The number of Topliss-reactive ketones (excluding diaryl/α,β-unsaturated/α-hetero) is 1. The van der Waals surface area contributed by atoms with Gasteiger partial charge in [0.25, 0.3) is 11.7 Å². The molecule has 1 saturated carbocycles. The highest BCUT2D eigenvalue weighted by Crippen LogP contribution is 2.17. The molecule has 1 fully saturated rings. The van der Waals surface area contributed by atoms with Gasteiger partial charge in [0.05, 0.1) is 5.69 Å². The molecule has 0 spiro atoms. The molecule has 1 aromatic heterocycles. The number of aromatic nitrogens is 1. The third-order valence-electron chi connectivity index (χ3n) is 3.49. The number of hydrogen-bond acceptors (Lipinski definition) is 2. The second kappa shape index (κ2) is 6.38. The van der Waals surface area contributed by atoms with Crippen LogP contribution in [0, 0.1) is 0 Å². The third-order valence-corrected chi connectivity index (χ3v) is 3.49. The Morgan fingerprint density at radius 1 is 1.11 bits per heavy atom. The summed E-state index contributed by atoms with van der Waals surface area (Å²) in [4.78, 5) is 26.4. The molecule has 2 N–H and O–H groups in total. The first-order valence-corrected chi connectivity index (χ1v) is 6.76. The Bertz CT molecular complexity index is 390. The normalized spacial score (nSPS) is 17.8. The minimum atomic E-state index is -0.483. The maximum atomic E-state index is 11.8. The van der Waals surface area contributed by atoms with E-state index < -0.39 is 11.7 Å². The van der Waals surface area contributed by atoms with Crippen molar-refractivity contribution in [2.45, 2.75) is 51.0 Å². The highest BCUT2D eigenvalue weighted by Gasteiger charge is 2.20. The molecule has 0 radical (unpaired) electrons. The van der Waals surface area contributed by atoms with Crippen molar-refractivity contribution in [3.05, 3.63) is 24.0 Å². The van der Waals surface area contributed by atoms with Gasteiger partial charge < -0.3 is 10.3 Å². The number of amides is 1. The molecule has 0 aromatic carbocycles. The lowest BCUT2D eigenvalue weighted by Gasteiger charge is -2.20. The molecule has 4 heteroatoms. The molecular weight excluding hydrogens is 228 g/mol. The summed E-state index contributed by atoms with van der Waals surface area (Å²) in [6.45, 7) is 0. The molecule has 0 bridgehead atoms. The van der Waals surface area contributed by atoms with E-state index in [1.54, 1.807) is 18.3 Å². The molecule has 18 heavy (non-hydrogen) atoms. The van der Waals surface area contributed by atoms with Gasteiger partial charge in [0.2, 0.25) is 0 Å². The molecule has 1 aromatic rings. The van der Waals surface area contributed by atoms with Crippen LogP contribution >= 0.6 is 0 Å². The van der Waals surface area contributed by atoms with Crippen LogP contribution < -0.4 is 5.32 Å². The Kier molecular flexibility index (Phi) is 4.56. The second-order valence-electron chi connectivity index (χ2n) is 4.93. The van der Waals surface area contributed by atoms with Crippen molar-refractivity contribution in [3.8, 4) is 0 Å². The van der Waals surface area contributed by atoms with Gasteiger partial charge in [-0.25, -0.2) is 0 Å². The highest BCUT2D eigenvalue weighted by molar-refractivity contribution is 6.42. The standard InChI is InChI=1S/C14H20N2O2/c17-13(12-9-6-10-15-12)14(18)16-11-7-4-2-1-3-5-8-11/h6,9-11,15H,1-5,7-8H2,(H,16,18). The minimum Gasteiger partial charge on any atom is -0.358 e. The quantitative estimate of drug-likeness (QED) is 0.637. The minimum absolute atomic E-state index is 0.164. The van der Waals surface area contributed by atoms with E-state index in [9.17, 15) is 9.59 Å². The van der Waals surface area contributed by atoms with E-state index in [2.05, 4.69) is 10.3 Å². The van der Waals surface area contributed by atoms with Crippen molar-refractivity contribution in [2.75, 3.05) is 0 Å². The number of hydrogen-bond donors (Lipinski definition) is 2. The molecule has 4 nitrogen and oxygen atoms in total.